The van der Waals surface area contributed by atoms with E-state index in [1.54, 1.807) is 0 Å². The fourth-order valence-electron chi connectivity index (χ4n) is 3.49. The van der Waals surface area contributed by atoms with Gasteiger partial charge in [-0.3, -0.25) is 9.69 Å². The van der Waals surface area contributed by atoms with Gasteiger partial charge >= 0.3 is 0 Å². The lowest BCUT2D eigenvalue weighted by Gasteiger charge is -2.41. The van der Waals surface area contributed by atoms with Gasteiger partial charge in [-0.1, -0.05) is 12.8 Å². The quantitative estimate of drug-likeness (QED) is 0.715. The smallest absolute Gasteiger partial charge is 0.137 e. The molecule has 2 heteroatoms. The predicted molar refractivity (Wildman–Crippen MR) is 74.2 cm³/mol. The molecule has 1 heterocycles. The number of hydrogen-bond acceptors (Lipinski definition) is 2. The van der Waals surface area contributed by atoms with Crippen LogP contribution < -0.4 is 0 Å². The van der Waals surface area contributed by atoms with Crippen molar-refractivity contribution in [2.45, 2.75) is 64.3 Å². The monoisotopic (exact) mass is 247 g/mol. The van der Waals surface area contributed by atoms with Crippen LogP contribution in [0.15, 0.2) is 0 Å². The number of carbonyl (C=O) groups is 1. The Hall–Kier alpha value is -0.810. The van der Waals surface area contributed by atoms with Crippen LogP contribution in [0.4, 0.5) is 0 Å². The molecule has 2 atom stereocenters. The van der Waals surface area contributed by atoms with E-state index in [2.05, 4.69) is 16.7 Å². The molecule has 1 saturated carbocycles. The van der Waals surface area contributed by atoms with Crippen molar-refractivity contribution in [2.75, 3.05) is 13.1 Å². The van der Waals surface area contributed by atoms with E-state index in [1.807, 2.05) is 6.92 Å². The van der Waals surface area contributed by atoms with Gasteiger partial charge in [0.1, 0.15) is 5.78 Å². The molecule has 2 rings (SSSR count). The van der Waals surface area contributed by atoms with Crippen molar-refractivity contribution < 1.29 is 4.79 Å². The van der Waals surface area contributed by atoms with E-state index in [0.717, 1.165) is 32.2 Å². The van der Waals surface area contributed by atoms with Crippen LogP contribution in [0.25, 0.3) is 0 Å². The molecule has 1 aliphatic heterocycles. The van der Waals surface area contributed by atoms with E-state index >= 15 is 0 Å². The van der Waals surface area contributed by atoms with Crippen LogP contribution in [0.2, 0.25) is 0 Å². The second-order valence-electron chi connectivity index (χ2n) is 5.59. The molecule has 0 aromatic rings. The summed E-state index contributed by atoms with van der Waals surface area (Å²) in [7, 11) is 0. The zero-order chi connectivity index (χ0) is 12.8. The number of likely N-dealkylation sites (tertiary alicyclic amines) is 1. The maximum absolute atomic E-state index is 12.1. The van der Waals surface area contributed by atoms with E-state index < -0.39 is 0 Å². The Balaban J connectivity index is 1.96. The zero-order valence-electron chi connectivity index (χ0n) is 11.6. The average molecular weight is 247 g/mol. The Morgan fingerprint density at radius 1 is 1.22 bits per heavy atom. The van der Waals surface area contributed by atoms with Crippen molar-refractivity contribution in [3.8, 4) is 11.8 Å². The van der Waals surface area contributed by atoms with Gasteiger partial charge in [0.25, 0.3) is 0 Å². The van der Waals surface area contributed by atoms with Crippen LogP contribution in [0.3, 0.4) is 0 Å². The molecule has 0 radical (unpaired) electrons. The third-order valence-electron chi connectivity index (χ3n) is 4.43. The number of hydrogen-bond donors (Lipinski definition) is 0. The third-order valence-corrected chi connectivity index (χ3v) is 4.43. The van der Waals surface area contributed by atoms with Gasteiger partial charge in [-0.05, 0) is 39.2 Å². The summed E-state index contributed by atoms with van der Waals surface area (Å²) in [6.45, 7) is 4.12. The summed E-state index contributed by atoms with van der Waals surface area (Å²) in [6, 6.07) is 0.519. The number of nitrogens with zero attached hydrogens (tertiary/aromatic N) is 1. The summed E-state index contributed by atoms with van der Waals surface area (Å²) < 4.78 is 0. The molecule has 0 aromatic heterocycles. The summed E-state index contributed by atoms with van der Waals surface area (Å²) in [6.07, 6.45) is 9.06. The number of Topliss-reactive ketones (excluding diaryl/α,β-unsaturated/α-hetero) is 1. The molecule has 0 bridgehead atoms. The normalized spacial score (nSPS) is 29.7. The topological polar surface area (TPSA) is 20.3 Å². The predicted octanol–water partition coefficient (Wildman–Crippen LogP) is 3.01. The lowest BCUT2D eigenvalue weighted by molar-refractivity contribution is -0.127. The van der Waals surface area contributed by atoms with Gasteiger partial charge in [0.15, 0.2) is 0 Å². The van der Waals surface area contributed by atoms with Crippen LogP contribution in [0.1, 0.15) is 58.3 Å². The Bertz CT molecular complexity index is 339. The van der Waals surface area contributed by atoms with E-state index in [1.165, 1.54) is 32.2 Å². The number of ketones is 1. The molecule has 0 amide bonds. The fourth-order valence-corrected chi connectivity index (χ4v) is 3.49. The summed E-state index contributed by atoms with van der Waals surface area (Å²) in [5, 5.41) is 0. The van der Waals surface area contributed by atoms with E-state index in [9.17, 15) is 4.79 Å². The highest BCUT2D eigenvalue weighted by Gasteiger charge is 2.34. The first kappa shape index (κ1) is 13.6. The minimum absolute atomic E-state index is 0.327. The van der Waals surface area contributed by atoms with Gasteiger partial charge in [0, 0.05) is 31.3 Å². The largest absolute Gasteiger partial charge is 0.299 e. The number of rotatable bonds is 3. The van der Waals surface area contributed by atoms with Crippen LogP contribution in [0.5, 0.6) is 0 Å². The van der Waals surface area contributed by atoms with Gasteiger partial charge in [-0.15, -0.1) is 11.8 Å². The molecule has 1 saturated heterocycles. The standard InChI is InChI=1S/C16H25NO/c1-2-3-7-12-17-13-8-6-10-15(17)14-9-4-5-11-16(14)18/h14-15H,4-13H2,1H3. The molecule has 0 N–H and O–H groups in total. The van der Waals surface area contributed by atoms with Crippen LogP contribution in [-0.4, -0.2) is 29.8 Å². The molecule has 100 valence electrons. The molecule has 18 heavy (non-hydrogen) atoms. The van der Waals surface area contributed by atoms with Crippen molar-refractivity contribution >= 4 is 5.78 Å². The zero-order valence-corrected chi connectivity index (χ0v) is 11.6. The molecule has 0 aromatic carbocycles. The summed E-state index contributed by atoms with van der Waals surface area (Å²) in [5.74, 6) is 6.98. The summed E-state index contributed by atoms with van der Waals surface area (Å²) in [4.78, 5) is 14.7. The van der Waals surface area contributed by atoms with Crippen molar-refractivity contribution in [3.63, 3.8) is 0 Å². The summed E-state index contributed by atoms with van der Waals surface area (Å²) >= 11 is 0. The average Bonchev–Trinajstić information content (AvgIpc) is 2.40. The Morgan fingerprint density at radius 3 is 2.83 bits per heavy atom. The highest BCUT2D eigenvalue weighted by atomic mass is 16.1. The number of piperidine rings is 1. The maximum Gasteiger partial charge on any atom is 0.137 e. The molecule has 2 unspecified atom stereocenters. The van der Waals surface area contributed by atoms with Crippen molar-refractivity contribution in [3.05, 3.63) is 0 Å². The van der Waals surface area contributed by atoms with Gasteiger partial charge in [-0.2, -0.15) is 0 Å². The minimum atomic E-state index is 0.327. The fraction of sp³-hybridized carbons (Fsp3) is 0.812. The minimum Gasteiger partial charge on any atom is -0.299 e. The number of carbonyl (C=O) groups excluding carboxylic acids is 1. The molecular formula is C16H25NO. The summed E-state index contributed by atoms with van der Waals surface area (Å²) in [5.41, 5.74) is 0. The second-order valence-corrected chi connectivity index (χ2v) is 5.59. The van der Waals surface area contributed by atoms with Crippen LogP contribution in [0, 0.1) is 17.8 Å². The Morgan fingerprint density at radius 2 is 2.06 bits per heavy atom. The van der Waals surface area contributed by atoms with Crippen molar-refractivity contribution in [1.29, 1.82) is 0 Å². The Labute approximate surface area is 111 Å². The van der Waals surface area contributed by atoms with Gasteiger partial charge in [0.05, 0.1) is 0 Å². The van der Waals surface area contributed by atoms with Crippen molar-refractivity contribution in [1.82, 2.24) is 4.90 Å². The van der Waals surface area contributed by atoms with E-state index in [0.29, 0.717) is 17.7 Å². The molecule has 0 spiro atoms. The van der Waals surface area contributed by atoms with Crippen LogP contribution >= 0.6 is 0 Å². The van der Waals surface area contributed by atoms with E-state index in [-0.39, 0.29) is 0 Å². The SMILES string of the molecule is CC#CCCN1CCCCC1C1CCCCC1=O. The van der Waals surface area contributed by atoms with Gasteiger partial charge in [-0.25, -0.2) is 0 Å². The second kappa shape index (κ2) is 6.95. The third kappa shape index (κ3) is 3.36. The molecular weight excluding hydrogens is 222 g/mol. The molecule has 2 fully saturated rings. The molecule has 2 aliphatic rings. The van der Waals surface area contributed by atoms with Crippen molar-refractivity contribution in [2.24, 2.45) is 5.92 Å². The van der Waals surface area contributed by atoms with E-state index in [4.69, 9.17) is 0 Å². The van der Waals surface area contributed by atoms with Gasteiger partial charge in [0.2, 0.25) is 0 Å². The van der Waals surface area contributed by atoms with Crippen LogP contribution in [-0.2, 0) is 4.79 Å². The first-order valence-electron chi connectivity index (χ1n) is 7.49. The lowest BCUT2D eigenvalue weighted by Crippen LogP contribution is -2.47. The first-order chi connectivity index (χ1) is 8.83. The molecule has 2 nitrogen and oxygen atoms in total. The Kier molecular flexibility index (Phi) is 5.26. The first-order valence-corrected chi connectivity index (χ1v) is 7.49. The maximum atomic E-state index is 12.1. The highest BCUT2D eigenvalue weighted by Crippen LogP contribution is 2.31. The van der Waals surface area contributed by atoms with Gasteiger partial charge < -0.3 is 0 Å². The lowest BCUT2D eigenvalue weighted by atomic mass is 9.79. The molecule has 1 aliphatic carbocycles. The highest BCUT2D eigenvalue weighted by molar-refractivity contribution is 5.82.